The van der Waals surface area contributed by atoms with Crippen molar-refractivity contribution in [3.63, 3.8) is 0 Å². The molecule has 0 aromatic heterocycles. The van der Waals surface area contributed by atoms with Crippen molar-refractivity contribution < 1.29 is 8.78 Å². The maximum Gasteiger partial charge on any atom is 0.141 e. The number of nitrogens with zero attached hydrogens (tertiary/aromatic N) is 2. The zero-order valence-corrected chi connectivity index (χ0v) is 15.8. The molecular weight excluding hydrogens is 394 g/mol. The third-order valence-corrected chi connectivity index (χ3v) is 4.29. The van der Waals surface area contributed by atoms with Gasteiger partial charge in [0.15, 0.2) is 0 Å². The van der Waals surface area contributed by atoms with E-state index in [2.05, 4.69) is 20.3 Å². The summed E-state index contributed by atoms with van der Waals surface area (Å²) in [6.45, 7) is 5.90. The fourth-order valence-electron chi connectivity index (χ4n) is 1.94. The first kappa shape index (κ1) is 18.6. The minimum atomic E-state index is -0.654. The summed E-state index contributed by atoms with van der Waals surface area (Å²) in [4.78, 5) is 0. The Balaban J connectivity index is 2.72. The first-order valence-corrected chi connectivity index (χ1v) is 8.70. The molecule has 0 aliphatic heterocycles. The number of hydrogen-bond acceptors (Lipinski definition) is 3. The van der Waals surface area contributed by atoms with Crippen molar-refractivity contribution in [2.45, 2.75) is 25.5 Å². The highest BCUT2D eigenvalue weighted by molar-refractivity contribution is 9.10. The van der Waals surface area contributed by atoms with Gasteiger partial charge in [-0.25, -0.2) is 13.2 Å². The van der Waals surface area contributed by atoms with Crippen LogP contribution in [0.1, 0.15) is 37.5 Å². The highest BCUT2D eigenvalue weighted by Gasteiger charge is 2.20. The Kier molecular flexibility index (Phi) is 5.79. The Labute approximate surface area is 152 Å². The van der Waals surface area contributed by atoms with Gasteiger partial charge in [-0.2, -0.15) is 5.26 Å². The van der Waals surface area contributed by atoms with Crippen LogP contribution in [0.25, 0.3) is 0 Å². The van der Waals surface area contributed by atoms with Crippen molar-refractivity contribution in [1.29, 1.82) is 5.26 Å². The number of rotatable bonds is 3. The van der Waals surface area contributed by atoms with Crippen molar-refractivity contribution in [2.24, 2.45) is 4.40 Å². The maximum atomic E-state index is 14.4. The van der Waals surface area contributed by atoms with Crippen molar-refractivity contribution >= 4 is 33.6 Å². The van der Waals surface area contributed by atoms with E-state index in [9.17, 15) is 14.0 Å². The molecule has 0 atom stereocenters. The summed E-state index contributed by atoms with van der Waals surface area (Å²) in [6, 6.07) is 10.6. The van der Waals surface area contributed by atoms with Crippen LogP contribution in [0.2, 0.25) is 0 Å². The number of nitriles is 1. The summed E-state index contributed by atoms with van der Waals surface area (Å²) in [5, 5.41) is 9.29. The molecule has 6 heteroatoms. The lowest BCUT2D eigenvalue weighted by atomic mass is 9.97. The smallest absolute Gasteiger partial charge is 0.141 e. The average Bonchev–Trinajstić information content (AvgIpc) is 2.50. The van der Waals surface area contributed by atoms with E-state index in [1.165, 1.54) is 30.1 Å². The van der Waals surface area contributed by atoms with E-state index in [4.69, 9.17) is 0 Å². The molecule has 2 rings (SSSR count). The summed E-state index contributed by atoms with van der Waals surface area (Å²) in [5.41, 5.74) is 0.574. The molecule has 0 saturated carbocycles. The van der Waals surface area contributed by atoms with Crippen LogP contribution in [0.15, 0.2) is 45.3 Å². The van der Waals surface area contributed by atoms with Gasteiger partial charge in [0, 0.05) is 20.3 Å². The second kappa shape index (κ2) is 7.45. The Morgan fingerprint density at radius 3 is 2.46 bits per heavy atom. The first-order chi connectivity index (χ1) is 11.2. The van der Waals surface area contributed by atoms with Crippen LogP contribution < -0.4 is 0 Å². The fourth-order valence-corrected chi connectivity index (χ4v) is 2.86. The van der Waals surface area contributed by atoms with Gasteiger partial charge in [-0.3, -0.25) is 0 Å². The van der Waals surface area contributed by atoms with Gasteiger partial charge in [-0.1, -0.05) is 28.1 Å². The highest BCUT2D eigenvalue weighted by atomic mass is 79.9. The minimum Gasteiger partial charge on any atom is -0.215 e. The largest absolute Gasteiger partial charge is 0.215 e. The lowest BCUT2D eigenvalue weighted by Gasteiger charge is -2.16. The third-order valence-electron chi connectivity index (χ3n) is 2.97. The molecule has 0 fully saturated rings. The van der Waals surface area contributed by atoms with Gasteiger partial charge < -0.3 is 0 Å². The molecule has 0 unspecified atom stereocenters. The van der Waals surface area contributed by atoms with Crippen LogP contribution in [-0.2, 0) is 0 Å². The Morgan fingerprint density at radius 2 is 1.83 bits per heavy atom. The molecule has 0 amide bonds. The highest BCUT2D eigenvalue weighted by Crippen LogP contribution is 2.29. The van der Waals surface area contributed by atoms with E-state index in [0.29, 0.717) is 4.47 Å². The fraction of sp³-hybridized carbons (Fsp3) is 0.222. The van der Waals surface area contributed by atoms with Crippen LogP contribution in [0.4, 0.5) is 8.78 Å². The Morgan fingerprint density at radius 1 is 1.12 bits per heavy atom. The molecule has 0 heterocycles. The Bertz CT molecular complexity index is 836. The van der Waals surface area contributed by atoms with Gasteiger partial charge in [0.2, 0.25) is 0 Å². The number of benzene rings is 2. The lowest BCUT2D eigenvalue weighted by molar-refractivity contribution is 0.621. The molecule has 0 bridgehead atoms. The topological polar surface area (TPSA) is 36.1 Å². The van der Waals surface area contributed by atoms with Crippen LogP contribution in [0.5, 0.6) is 0 Å². The molecule has 0 aliphatic carbocycles. The quantitative estimate of drug-likeness (QED) is 0.469. The molecule has 2 aromatic rings. The monoisotopic (exact) mass is 408 g/mol. The molecule has 0 N–H and O–H groups in total. The molecule has 24 heavy (non-hydrogen) atoms. The van der Waals surface area contributed by atoms with E-state index >= 15 is 0 Å². The summed E-state index contributed by atoms with van der Waals surface area (Å²) in [5.74, 6) is -1.14. The summed E-state index contributed by atoms with van der Waals surface area (Å²) >= 11 is 4.56. The molecular formula is C18H15BrF2N2S. The van der Waals surface area contributed by atoms with Gasteiger partial charge >= 0.3 is 0 Å². The first-order valence-electron chi connectivity index (χ1n) is 7.13. The Hall–Kier alpha value is -1.71. The molecule has 0 aliphatic rings. The van der Waals surface area contributed by atoms with Gasteiger partial charge in [0.25, 0.3) is 0 Å². The molecule has 0 radical (unpaired) electrons. The number of halogens is 3. The van der Waals surface area contributed by atoms with Gasteiger partial charge in [0.05, 0.1) is 11.3 Å². The maximum absolute atomic E-state index is 14.4. The van der Waals surface area contributed by atoms with E-state index in [-0.39, 0.29) is 27.1 Å². The second-order valence-corrected chi connectivity index (χ2v) is 8.55. The van der Waals surface area contributed by atoms with Crippen molar-refractivity contribution in [3.05, 3.63) is 69.2 Å². The van der Waals surface area contributed by atoms with Gasteiger partial charge in [-0.15, -0.1) is 0 Å². The van der Waals surface area contributed by atoms with Crippen LogP contribution in [0, 0.1) is 23.0 Å². The van der Waals surface area contributed by atoms with E-state index in [0.717, 1.165) is 0 Å². The minimum absolute atomic E-state index is 0.148. The van der Waals surface area contributed by atoms with Crippen molar-refractivity contribution in [2.75, 3.05) is 0 Å². The van der Waals surface area contributed by atoms with Gasteiger partial charge in [0.1, 0.15) is 17.7 Å². The van der Waals surface area contributed by atoms with Crippen LogP contribution in [-0.4, -0.2) is 10.5 Å². The van der Waals surface area contributed by atoms with Crippen LogP contribution in [0.3, 0.4) is 0 Å². The third kappa shape index (κ3) is 4.43. The molecule has 2 aromatic carbocycles. The van der Waals surface area contributed by atoms with Crippen LogP contribution >= 0.6 is 27.9 Å². The zero-order chi connectivity index (χ0) is 17.9. The molecule has 0 spiro atoms. The summed E-state index contributed by atoms with van der Waals surface area (Å²) in [7, 11) is 0. The molecule has 2 nitrogen and oxygen atoms in total. The lowest BCUT2D eigenvalue weighted by Crippen LogP contribution is -2.12. The number of hydrogen-bond donors (Lipinski definition) is 0. The molecule has 0 saturated heterocycles. The second-order valence-electron chi connectivity index (χ2n) is 6.04. The normalized spacial score (nSPS) is 12.1. The predicted octanol–water partition coefficient (Wildman–Crippen LogP) is 5.88. The summed E-state index contributed by atoms with van der Waals surface area (Å²) < 4.78 is 33.3. The van der Waals surface area contributed by atoms with E-state index in [1.807, 2.05) is 26.8 Å². The average molecular weight is 409 g/mol. The summed E-state index contributed by atoms with van der Waals surface area (Å²) in [6.07, 6.45) is 0. The van der Waals surface area contributed by atoms with E-state index in [1.54, 1.807) is 18.2 Å². The van der Waals surface area contributed by atoms with E-state index < -0.39 is 11.6 Å². The van der Waals surface area contributed by atoms with Crippen molar-refractivity contribution in [1.82, 2.24) is 0 Å². The predicted molar refractivity (Wildman–Crippen MR) is 98.2 cm³/mol. The van der Waals surface area contributed by atoms with Crippen molar-refractivity contribution in [3.8, 4) is 6.07 Å². The van der Waals surface area contributed by atoms with Gasteiger partial charge in [-0.05, 0) is 57.0 Å². The standard InChI is InChI=1S/C18H15BrF2N2S/c1-18(2,3)24-23-17(13-9-11(19)7-8-16(13)21)12-5-4-6-15(20)14(12)10-22/h4-9H,1-3H3/b23-17-. The zero-order valence-electron chi connectivity index (χ0n) is 13.4. The SMILES string of the molecule is CC(C)(C)S/N=C(\c1cc(Br)ccc1F)c1cccc(F)c1C#N. The molecule has 124 valence electrons.